The third-order valence-electron chi connectivity index (χ3n) is 6.68. The molecular formula is C26H31N3O5. The van der Waals surface area contributed by atoms with Crippen molar-refractivity contribution >= 4 is 16.9 Å². The number of hydrogen-bond acceptors (Lipinski definition) is 6. The van der Waals surface area contributed by atoms with E-state index in [2.05, 4.69) is 20.8 Å². The highest BCUT2D eigenvalue weighted by Crippen LogP contribution is 2.43. The Morgan fingerprint density at radius 2 is 2.12 bits per heavy atom. The quantitative estimate of drug-likeness (QED) is 0.525. The Kier molecular flexibility index (Phi) is 5.72. The summed E-state index contributed by atoms with van der Waals surface area (Å²) in [6.07, 6.45) is 3.83. The third kappa shape index (κ3) is 3.90. The summed E-state index contributed by atoms with van der Waals surface area (Å²) in [5.74, 6) is 0.114. The van der Waals surface area contributed by atoms with Gasteiger partial charge in [0.05, 0.1) is 36.7 Å². The second kappa shape index (κ2) is 8.58. The fourth-order valence-corrected chi connectivity index (χ4v) is 4.91. The van der Waals surface area contributed by atoms with Crippen LogP contribution < -0.4 is 10.2 Å². The summed E-state index contributed by atoms with van der Waals surface area (Å²) < 4.78 is 21.0. The van der Waals surface area contributed by atoms with Gasteiger partial charge in [0.15, 0.2) is 5.43 Å². The zero-order chi connectivity index (χ0) is 24.0. The Labute approximate surface area is 198 Å². The van der Waals surface area contributed by atoms with E-state index in [0.717, 1.165) is 41.7 Å². The first-order chi connectivity index (χ1) is 16.3. The molecule has 2 aromatic heterocycles. The largest absolute Gasteiger partial charge is 0.489 e. The Morgan fingerprint density at radius 3 is 2.82 bits per heavy atom. The van der Waals surface area contributed by atoms with Gasteiger partial charge in [0.1, 0.15) is 23.4 Å². The monoisotopic (exact) mass is 465 g/mol. The molecular weight excluding hydrogens is 434 g/mol. The number of rotatable bonds is 5. The van der Waals surface area contributed by atoms with Crippen LogP contribution in [0.2, 0.25) is 0 Å². The molecule has 1 saturated heterocycles. The van der Waals surface area contributed by atoms with Crippen LogP contribution >= 0.6 is 0 Å². The van der Waals surface area contributed by atoms with Crippen LogP contribution in [-0.2, 0) is 16.0 Å². The minimum Gasteiger partial charge on any atom is -0.489 e. The molecule has 180 valence electrons. The molecule has 1 aromatic carbocycles. The van der Waals surface area contributed by atoms with Crippen molar-refractivity contribution in [3.63, 3.8) is 0 Å². The van der Waals surface area contributed by atoms with Gasteiger partial charge in [-0.05, 0) is 31.2 Å². The van der Waals surface area contributed by atoms with Crippen LogP contribution in [0.5, 0.6) is 5.75 Å². The molecule has 1 fully saturated rings. The van der Waals surface area contributed by atoms with Crippen molar-refractivity contribution in [1.29, 1.82) is 0 Å². The van der Waals surface area contributed by atoms with E-state index in [4.69, 9.17) is 19.3 Å². The molecule has 2 atom stereocenters. The van der Waals surface area contributed by atoms with Gasteiger partial charge in [0.25, 0.3) is 0 Å². The predicted octanol–water partition coefficient (Wildman–Crippen LogP) is 4.20. The van der Waals surface area contributed by atoms with E-state index in [1.165, 1.54) is 6.07 Å². The zero-order valence-electron chi connectivity index (χ0n) is 20.2. The number of carbonyl (C=O) groups excluding carboxylic acids is 1. The Morgan fingerprint density at radius 1 is 1.29 bits per heavy atom. The van der Waals surface area contributed by atoms with Crippen molar-refractivity contribution in [3.8, 4) is 17.1 Å². The average molecular weight is 466 g/mol. The molecule has 34 heavy (non-hydrogen) atoms. The normalized spacial score (nSPS) is 19.6. The molecule has 2 unspecified atom stereocenters. The van der Waals surface area contributed by atoms with Crippen molar-refractivity contribution in [2.75, 3.05) is 19.8 Å². The lowest BCUT2D eigenvalue weighted by atomic mass is 9.85. The Balaban J connectivity index is 1.64. The first-order valence-electron chi connectivity index (χ1n) is 12.0. The summed E-state index contributed by atoms with van der Waals surface area (Å²) in [6, 6.07) is 7.39. The van der Waals surface area contributed by atoms with Crippen LogP contribution in [0.1, 0.15) is 56.9 Å². The minimum atomic E-state index is -0.593. The SMILES string of the molecule is CCOC(=O)c1cn2c(cc1=O)-c1c3cccc(OCC4CCCO4)c3nn1CC2C(C)(C)C. The molecule has 2 aliphatic rings. The van der Waals surface area contributed by atoms with Gasteiger partial charge in [-0.15, -0.1) is 0 Å². The second-order valence-electron chi connectivity index (χ2n) is 10.1. The van der Waals surface area contributed by atoms with Crippen LogP contribution in [0.4, 0.5) is 0 Å². The molecule has 8 heteroatoms. The maximum absolute atomic E-state index is 13.0. The molecule has 0 aliphatic carbocycles. The summed E-state index contributed by atoms with van der Waals surface area (Å²) in [4.78, 5) is 25.4. The highest BCUT2D eigenvalue weighted by Gasteiger charge is 2.35. The van der Waals surface area contributed by atoms with Gasteiger partial charge in [-0.2, -0.15) is 5.10 Å². The zero-order valence-corrected chi connectivity index (χ0v) is 20.2. The maximum atomic E-state index is 13.0. The van der Waals surface area contributed by atoms with Crippen LogP contribution in [-0.4, -0.2) is 46.2 Å². The van der Waals surface area contributed by atoms with Crippen molar-refractivity contribution in [2.45, 2.75) is 59.2 Å². The van der Waals surface area contributed by atoms with Gasteiger partial charge >= 0.3 is 5.97 Å². The number of nitrogens with zero attached hydrogens (tertiary/aromatic N) is 3. The summed E-state index contributed by atoms with van der Waals surface area (Å²) in [5.41, 5.74) is 1.90. The van der Waals surface area contributed by atoms with Gasteiger partial charge < -0.3 is 18.8 Å². The minimum absolute atomic E-state index is 0.0191. The fraction of sp³-hybridized carbons (Fsp3) is 0.500. The third-order valence-corrected chi connectivity index (χ3v) is 6.68. The standard InChI is InChI=1S/C26H31N3O5/c1-5-32-25(31)18-13-28-19(12-20(18)30)24-17-9-6-10-21(34-15-16-8-7-11-33-16)23(17)27-29(24)14-22(28)26(2,3)4/h6,9-10,12-13,16,22H,5,7-8,11,14-15H2,1-4H3. The molecule has 5 rings (SSSR count). The lowest BCUT2D eigenvalue weighted by Gasteiger charge is -2.38. The van der Waals surface area contributed by atoms with Gasteiger partial charge in [-0.3, -0.25) is 9.48 Å². The number of aromatic nitrogens is 3. The highest BCUT2D eigenvalue weighted by atomic mass is 16.5. The predicted molar refractivity (Wildman–Crippen MR) is 128 cm³/mol. The van der Waals surface area contributed by atoms with Crippen molar-refractivity contribution in [1.82, 2.24) is 14.3 Å². The number of hydrogen-bond donors (Lipinski definition) is 0. The molecule has 0 spiro atoms. The van der Waals surface area contributed by atoms with Crippen LogP contribution in [0.3, 0.4) is 0 Å². The number of benzene rings is 1. The van der Waals surface area contributed by atoms with Crippen LogP contribution in [0.25, 0.3) is 22.3 Å². The van der Waals surface area contributed by atoms with Crippen molar-refractivity contribution < 1.29 is 19.0 Å². The molecule has 0 bridgehead atoms. The summed E-state index contributed by atoms with van der Waals surface area (Å²) in [7, 11) is 0. The lowest BCUT2D eigenvalue weighted by Crippen LogP contribution is -2.35. The molecule has 2 aliphatic heterocycles. The Bertz CT molecular complexity index is 1290. The highest BCUT2D eigenvalue weighted by molar-refractivity contribution is 5.97. The van der Waals surface area contributed by atoms with Crippen LogP contribution in [0.15, 0.2) is 35.3 Å². The smallest absolute Gasteiger partial charge is 0.343 e. The summed E-state index contributed by atoms with van der Waals surface area (Å²) in [5, 5.41) is 5.83. The van der Waals surface area contributed by atoms with Crippen LogP contribution in [0, 0.1) is 5.41 Å². The fourth-order valence-electron chi connectivity index (χ4n) is 4.91. The van der Waals surface area contributed by atoms with E-state index >= 15 is 0 Å². The van der Waals surface area contributed by atoms with Crippen molar-refractivity contribution in [3.05, 3.63) is 46.2 Å². The number of pyridine rings is 1. The Hall–Kier alpha value is -3.13. The maximum Gasteiger partial charge on any atom is 0.343 e. The number of ether oxygens (including phenoxy) is 3. The first-order valence-corrected chi connectivity index (χ1v) is 12.0. The van der Waals surface area contributed by atoms with E-state index < -0.39 is 5.97 Å². The number of carbonyl (C=O) groups is 1. The molecule has 4 heterocycles. The number of esters is 1. The molecule has 0 saturated carbocycles. The van der Waals surface area contributed by atoms with E-state index in [-0.39, 0.29) is 35.2 Å². The summed E-state index contributed by atoms with van der Waals surface area (Å²) in [6.45, 7) is 10.3. The number of fused-ring (bicyclic) bond motifs is 5. The molecule has 0 radical (unpaired) electrons. The van der Waals surface area contributed by atoms with Gasteiger partial charge in [-0.1, -0.05) is 32.9 Å². The molecule has 8 nitrogen and oxygen atoms in total. The first kappa shape index (κ1) is 22.7. The second-order valence-corrected chi connectivity index (χ2v) is 10.1. The van der Waals surface area contributed by atoms with E-state index in [1.807, 2.05) is 27.4 Å². The molecule has 3 aromatic rings. The topological polar surface area (TPSA) is 84.6 Å². The van der Waals surface area contributed by atoms with Gasteiger partial charge in [0.2, 0.25) is 0 Å². The molecule has 0 N–H and O–H groups in total. The van der Waals surface area contributed by atoms with Gasteiger partial charge in [-0.25, -0.2) is 4.79 Å². The average Bonchev–Trinajstić information content (AvgIpc) is 3.44. The van der Waals surface area contributed by atoms with Gasteiger partial charge in [0, 0.05) is 24.3 Å². The van der Waals surface area contributed by atoms with E-state index in [0.29, 0.717) is 18.9 Å². The van der Waals surface area contributed by atoms with E-state index in [9.17, 15) is 9.59 Å². The van der Waals surface area contributed by atoms with E-state index in [1.54, 1.807) is 13.1 Å². The molecule has 0 amide bonds. The lowest BCUT2D eigenvalue weighted by molar-refractivity contribution is 0.0522. The van der Waals surface area contributed by atoms with Crippen molar-refractivity contribution in [2.24, 2.45) is 5.41 Å². The summed E-state index contributed by atoms with van der Waals surface area (Å²) >= 11 is 0.